The summed E-state index contributed by atoms with van der Waals surface area (Å²) in [5.41, 5.74) is 0.523. The summed E-state index contributed by atoms with van der Waals surface area (Å²) >= 11 is 0. The number of hydrogen-bond donors (Lipinski definition) is 1. The smallest absolute Gasteiger partial charge is 0.328 e. The molecule has 0 amide bonds. The first-order valence-corrected chi connectivity index (χ1v) is 6.65. The maximum atomic E-state index is 11.7. The van der Waals surface area contributed by atoms with Gasteiger partial charge < -0.3 is 4.74 Å². The number of hydrogen-bond acceptors (Lipinski definition) is 4. The van der Waals surface area contributed by atoms with Crippen LogP contribution < -0.4 is 4.72 Å². The van der Waals surface area contributed by atoms with Crippen molar-refractivity contribution in [3.8, 4) is 0 Å². The molecule has 0 saturated carbocycles. The van der Waals surface area contributed by atoms with E-state index < -0.39 is 22.2 Å². The van der Waals surface area contributed by atoms with Crippen molar-refractivity contribution >= 4 is 16.2 Å². The molecule has 0 aliphatic carbocycles. The van der Waals surface area contributed by atoms with Gasteiger partial charge in [-0.2, -0.15) is 17.4 Å². The minimum atomic E-state index is -3.72. The molecule has 6 nitrogen and oxygen atoms in total. The van der Waals surface area contributed by atoms with Crippen LogP contribution in [0.4, 0.5) is 0 Å². The van der Waals surface area contributed by atoms with Crippen molar-refractivity contribution in [3.63, 3.8) is 0 Å². The number of methoxy groups -OCH3 is 1. The lowest BCUT2D eigenvalue weighted by molar-refractivity contribution is -0.142. The molecule has 100 valence electrons. The number of nitrogens with zero attached hydrogens (tertiary/aromatic N) is 1. The molecular weight excluding hydrogens is 256 g/mol. The number of nitrogens with one attached hydrogen (secondary N) is 1. The summed E-state index contributed by atoms with van der Waals surface area (Å²) in [6, 6.07) is 7.46. The molecule has 0 spiro atoms. The van der Waals surface area contributed by atoms with Gasteiger partial charge in [0.2, 0.25) is 0 Å². The molecule has 18 heavy (non-hydrogen) atoms. The highest BCUT2D eigenvalue weighted by atomic mass is 32.2. The van der Waals surface area contributed by atoms with Gasteiger partial charge in [-0.05, 0) is 5.56 Å². The van der Waals surface area contributed by atoms with Crippen molar-refractivity contribution < 1.29 is 17.9 Å². The molecule has 0 aliphatic rings. The van der Waals surface area contributed by atoms with Crippen LogP contribution in [0, 0.1) is 0 Å². The van der Waals surface area contributed by atoms with Crippen LogP contribution in [0.1, 0.15) is 11.6 Å². The lowest BCUT2D eigenvalue weighted by Crippen LogP contribution is -2.41. The molecule has 0 aromatic heterocycles. The minimum Gasteiger partial charge on any atom is -0.468 e. The Balaban J connectivity index is 3.06. The second-order valence-corrected chi connectivity index (χ2v) is 5.69. The van der Waals surface area contributed by atoms with E-state index in [1.165, 1.54) is 21.2 Å². The molecule has 0 saturated heterocycles. The zero-order valence-corrected chi connectivity index (χ0v) is 11.3. The second-order valence-electron chi connectivity index (χ2n) is 3.77. The lowest BCUT2D eigenvalue weighted by Gasteiger charge is -2.19. The number of rotatable bonds is 5. The van der Waals surface area contributed by atoms with Crippen molar-refractivity contribution in [2.75, 3.05) is 21.2 Å². The summed E-state index contributed by atoms with van der Waals surface area (Å²) in [7, 11) is 0.246. The zero-order chi connectivity index (χ0) is 13.8. The van der Waals surface area contributed by atoms with Gasteiger partial charge in [0.25, 0.3) is 10.2 Å². The van der Waals surface area contributed by atoms with E-state index in [0.717, 1.165) is 4.31 Å². The number of esters is 1. The lowest BCUT2D eigenvalue weighted by atomic mass is 10.1. The van der Waals surface area contributed by atoms with Crippen LogP contribution in [0.15, 0.2) is 30.3 Å². The van der Waals surface area contributed by atoms with Crippen molar-refractivity contribution in [2.24, 2.45) is 0 Å². The van der Waals surface area contributed by atoms with E-state index in [4.69, 9.17) is 0 Å². The van der Waals surface area contributed by atoms with Gasteiger partial charge in [-0.1, -0.05) is 30.3 Å². The number of carbonyl (C=O) groups is 1. The number of carbonyl (C=O) groups excluding carboxylic acids is 1. The predicted octanol–water partition coefficient (Wildman–Crippen LogP) is 0.297. The van der Waals surface area contributed by atoms with Crippen LogP contribution in [-0.4, -0.2) is 39.9 Å². The van der Waals surface area contributed by atoms with E-state index in [9.17, 15) is 13.2 Å². The van der Waals surface area contributed by atoms with Crippen molar-refractivity contribution in [1.29, 1.82) is 0 Å². The summed E-state index contributed by atoms with van der Waals surface area (Å²) in [4.78, 5) is 11.6. The fourth-order valence-corrected chi connectivity index (χ4v) is 2.01. The molecule has 1 unspecified atom stereocenters. The van der Waals surface area contributed by atoms with E-state index in [2.05, 4.69) is 9.46 Å². The van der Waals surface area contributed by atoms with E-state index in [-0.39, 0.29) is 0 Å². The summed E-state index contributed by atoms with van der Waals surface area (Å²) in [5.74, 6) is -0.661. The summed E-state index contributed by atoms with van der Waals surface area (Å²) in [5, 5.41) is 0. The van der Waals surface area contributed by atoms with E-state index >= 15 is 0 Å². The van der Waals surface area contributed by atoms with Gasteiger partial charge in [0, 0.05) is 14.1 Å². The first-order valence-electron chi connectivity index (χ1n) is 5.21. The van der Waals surface area contributed by atoms with Crippen molar-refractivity contribution in [3.05, 3.63) is 35.9 Å². The molecule has 0 aliphatic heterocycles. The van der Waals surface area contributed by atoms with E-state index in [1.54, 1.807) is 30.3 Å². The average Bonchev–Trinajstić information content (AvgIpc) is 2.36. The fourth-order valence-electron chi connectivity index (χ4n) is 1.27. The Morgan fingerprint density at radius 2 is 1.83 bits per heavy atom. The first kappa shape index (κ1) is 14.6. The van der Waals surface area contributed by atoms with Crippen molar-refractivity contribution in [1.82, 2.24) is 9.03 Å². The maximum Gasteiger partial charge on any atom is 0.328 e. The summed E-state index contributed by atoms with van der Waals surface area (Å²) in [6.07, 6.45) is 0. The van der Waals surface area contributed by atoms with Gasteiger partial charge in [0.05, 0.1) is 7.11 Å². The number of benzene rings is 1. The summed E-state index contributed by atoms with van der Waals surface area (Å²) in [6.45, 7) is 0. The Morgan fingerprint density at radius 1 is 1.28 bits per heavy atom. The Bertz CT molecular complexity index is 499. The third kappa shape index (κ3) is 3.52. The zero-order valence-electron chi connectivity index (χ0n) is 10.5. The topological polar surface area (TPSA) is 75.7 Å². The molecule has 1 N–H and O–H groups in total. The van der Waals surface area contributed by atoms with Crippen LogP contribution in [0.25, 0.3) is 0 Å². The largest absolute Gasteiger partial charge is 0.468 e. The molecule has 0 heterocycles. The maximum absolute atomic E-state index is 11.7. The fraction of sp³-hybridized carbons (Fsp3) is 0.364. The van der Waals surface area contributed by atoms with Gasteiger partial charge in [-0.3, -0.25) is 0 Å². The molecule has 0 radical (unpaired) electrons. The Hall–Kier alpha value is -1.44. The first-order chi connectivity index (χ1) is 8.38. The number of ether oxygens (including phenoxy) is 1. The van der Waals surface area contributed by atoms with Gasteiger partial charge in [0.15, 0.2) is 0 Å². The third-order valence-electron chi connectivity index (χ3n) is 2.32. The molecule has 1 aromatic carbocycles. The Kier molecular flexibility index (Phi) is 4.83. The average molecular weight is 272 g/mol. The van der Waals surface area contributed by atoms with Crippen LogP contribution in [-0.2, 0) is 19.7 Å². The molecule has 0 fully saturated rings. The van der Waals surface area contributed by atoms with Crippen molar-refractivity contribution in [2.45, 2.75) is 6.04 Å². The van der Waals surface area contributed by atoms with E-state index in [1.807, 2.05) is 0 Å². The molecule has 7 heteroatoms. The van der Waals surface area contributed by atoms with Crippen LogP contribution in [0.5, 0.6) is 0 Å². The Morgan fingerprint density at radius 3 is 2.28 bits per heavy atom. The third-order valence-corrected chi connectivity index (χ3v) is 3.81. The van der Waals surface area contributed by atoms with Gasteiger partial charge in [-0.25, -0.2) is 4.79 Å². The monoisotopic (exact) mass is 272 g/mol. The minimum absolute atomic E-state index is 0.523. The van der Waals surface area contributed by atoms with Gasteiger partial charge in [0.1, 0.15) is 6.04 Å². The van der Waals surface area contributed by atoms with Gasteiger partial charge >= 0.3 is 5.97 Å². The molecule has 0 bridgehead atoms. The molecule has 1 aromatic rings. The highest BCUT2D eigenvalue weighted by Crippen LogP contribution is 2.15. The van der Waals surface area contributed by atoms with Crippen LogP contribution in [0.2, 0.25) is 0 Å². The predicted molar refractivity (Wildman–Crippen MR) is 66.9 cm³/mol. The highest BCUT2D eigenvalue weighted by Gasteiger charge is 2.27. The van der Waals surface area contributed by atoms with E-state index in [0.29, 0.717) is 5.56 Å². The quantitative estimate of drug-likeness (QED) is 0.782. The normalized spacial score (nSPS) is 13.3. The summed E-state index contributed by atoms with van der Waals surface area (Å²) < 4.78 is 31.4. The highest BCUT2D eigenvalue weighted by molar-refractivity contribution is 7.87. The molecule has 1 atom stereocenters. The molecular formula is C11H16N2O4S. The Labute approximate surface area is 107 Å². The standard InChI is InChI=1S/C11H16N2O4S/c1-13(2)18(15,16)12-10(11(14)17-3)9-7-5-4-6-8-9/h4-8,10,12H,1-3H3. The van der Waals surface area contributed by atoms with Gasteiger partial charge in [-0.15, -0.1) is 0 Å². The van der Waals surface area contributed by atoms with Crippen LogP contribution in [0.3, 0.4) is 0 Å². The van der Waals surface area contributed by atoms with Crippen LogP contribution >= 0.6 is 0 Å². The molecule has 1 rings (SSSR count). The SMILES string of the molecule is COC(=O)C(NS(=O)(=O)N(C)C)c1ccccc1. The second kappa shape index (κ2) is 5.94.